The Morgan fingerprint density at radius 1 is 1.00 bits per heavy atom. The van der Waals surface area contributed by atoms with Gasteiger partial charge in [-0.2, -0.15) is 0 Å². The van der Waals surface area contributed by atoms with Gasteiger partial charge in [0.25, 0.3) is 0 Å². The van der Waals surface area contributed by atoms with Crippen LogP contribution >= 0.6 is 11.3 Å². The second-order valence-electron chi connectivity index (χ2n) is 6.98. The number of amides is 3. The summed E-state index contributed by atoms with van der Waals surface area (Å²) in [7, 11) is 0. The third kappa shape index (κ3) is 5.10. The van der Waals surface area contributed by atoms with Crippen LogP contribution in [0.4, 0.5) is 14.9 Å². The van der Waals surface area contributed by atoms with E-state index in [1.54, 1.807) is 11.3 Å². The summed E-state index contributed by atoms with van der Waals surface area (Å²) in [5, 5.41) is 11.1. The predicted molar refractivity (Wildman–Crippen MR) is 121 cm³/mol. The first-order valence-corrected chi connectivity index (χ1v) is 10.6. The molecule has 1 unspecified atom stereocenters. The summed E-state index contributed by atoms with van der Waals surface area (Å²) in [5.74, 6) is -0.797. The quantitative estimate of drug-likeness (QED) is 0.345. The van der Waals surface area contributed by atoms with E-state index in [9.17, 15) is 14.0 Å². The molecule has 0 saturated carbocycles. The van der Waals surface area contributed by atoms with Crippen LogP contribution in [0, 0.1) is 5.82 Å². The summed E-state index contributed by atoms with van der Waals surface area (Å²) in [6.07, 6.45) is 1.98. The Balaban J connectivity index is 1.36. The van der Waals surface area contributed by atoms with Gasteiger partial charge < -0.3 is 20.9 Å². The zero-order chi connectivity index (χ0) is 21.6. The SMILES string of the molecule is O=C(CNC(=O)NCC(c1cccs1)c1c[nH]c2ccccc12)Nc1ccc(F)cc1. The number of benzene rings is 2. The lowest BCUT2D eigenvalue weighted by Crippen LogP contribution is -2.41. The fraction of sp³-hybridized carbons (Fsp3) is 0.130. The van der Waals surface area contributed by atoms with Gasteiger partial charge in [-0.3, -0.25) is 4.79 Å². The maximum absolute atomic E-state index is 12.9. The van der Waals surface area contributed by atoms with Gasteiger partial charge in [0.05, 0.1) is 6.54 Å². The monoisotopic (exact) mass is 436 g/mol. The number of hydrogen-bond donors (Lipinski definition) is 4. The van der Waals surface area contributed by atoms with Gasteiger partial charge >= 0.3 is 6.03 Å². The molecule has 0 radical (unpaired) electrons. The molecule has 1 atom stereocenters. The van der Waals surface area contributed by atoms with E-state index in [1.165, 1.54) is 24.3 Å². The Kier molecular flexibility index (Phi) is 6.28. The highest BCUT2D eigenvalue weighted by molar-refractivity contribution is 7.10. The molecule has 6 nitrogen and oxygen atoms in total. The molecular weight excluding hydrogens is 415 g/mol. The normalized spacial score (nSPS) is 11.8. The van der Waals surface area contributed by atoms with Crippen molar-refractivity contribution in [2.24, 2.45) is 0 Å². The maximum atomic E-state index is 12.9. The smallest absolute Gasteiger partial charge is 0.315 e. The molecule has 8 heteroatoms. The van der Waals surface area contributed by atoms with E-state index in [2.05, 4.69) is 27.0 Å². The number of halogens is 1. The molecular formula is C23H21FN4O2S. The lowest BCUT2D eigenvalue weighted by atomic mass is 9.97. The third-order valence-electron chi connectivity index (χ3n) is 4.89. The van der Waals surface area contributed by atoms with Gasteiger partial charge in [-0.25, -0.2) is 9.18 Å². The number of carbonyl (C=O) groups excluding carboxylic acids is 2. The predicted octanol–water partition coefficient (Wildman–Crippen LogP) is 4.44. The van der Waals surface area contributed by atoms with Crippen molar-refractivity contribution in [3.8, 4) is 0 Å². The van der Waals surface area contributed by atoms with Crippen molar-refractivity contribution < 1.29 is 14.0 Å². The molecule has 4 N–H and O–H groups in total. The molecule has 0 aliphatic carbocycles. The minimum absolute atomic E-state index is 0.0186. The molecule has 0 saturated heterocycles. The van der Waals surface area contributed by atoms with E-state index < -0.39 is 11.9 Å². The summed E-state index contributed by atoms with van der Waals surface area (Å²) in [4.78, 5) is 28.7. The zero-order valence-corrected chi connectivity index (χ0v) is 17.3. The minimum atomic E-state index is -0.435. The first-order valence-electron chi connectivity index (χ1n) is 9.76. The molecule has 4 aromatic rings. The van der Waals surface area contributed by atoms with Crippen molar-refractivity contribution in [3.63, 3.8) is 0 Å². The fourth-order valence-corrected chi connectivity index (χ4v) is 4.24. The van der Waals surface area contributed by atoms with Crippen molar-refractivity contribution in [3.05, 3.63) is 88.5 Å². The van der Waals surface area contributed by atoms with Gasteiger partial charge in [-0.15, -0.1) is 11.3 Å². The van der Waals surface area contributed by atoms with Crippen LogP contribution in [0.1, 0.15) is 16.4 Å². The third-order valence-corrected chi connectivity index (χ3v) is 5.87. The minimum Gasteiger partial charge on any atom is -0.361 e. The largest absolute Gasteiger partial charge is 0.361 e. The number of fused-ring (bicyclic) bond motifs is 1. The van der Waals surface area contributed by atoms with E-state index in [4.69, 9.17) is 0 Å². The van der Waals surface area contributed by atoms with Gasteiger partial charge in [-0.05, 0) is 47.3 Å². The van der Waals surface area contributed by atoms with Crippen LogP contribution in [-0.4, -0.2) is 30.0 Å². The molecule has 0 aliphatic heterocycles. The van der Waals surface area contributed by atoms with Crippen LogP contribution in [0.3, 0.4) is 0 Å². The van der Waals surface area contributed by atoms with Gasteiger partial charge in [0.2, 0.25) is 5.91 Å². The molecule has 0 fully saturated rings. The molecule has 2 aromatic carbocycles. The number of aromatic amines is 1. The maximum Gasteiger partial charge on any atom is 0.315 e. The van der Waals surface area contributed by atoms with E-state index in [-0.39, 0.29) is 18.3 Å². The molecule has 0 aliphatic rings. The molecule has 158 valence electrons. The number of anilines is 1. The Hall–Kier alpha value is -3.65. The first-order chi connectivity index (χ1) is 15.1. The van der Waals surface area contributed by atoms with Crippen molar-refractivity contribution >= 4 is 39.9 Å². The van der Waals surface area contributed by atoms with Gasteiger partial charge in [0.1, 0.15) is 5.82 Å². The topological polar surface area (TPSA) is 86.0 Å². The highest BCUT2D eigenvalue weighted by atomic mass is 32.1. The van der Waals surface area contributed by atoms with Crippen molar-refractivity contribution in [1.82, 2.24) is 15.6 Å². The molecule has 4 rings (SSSR count). The van der Waals surface area contributed by atoms with Crippen LogP contribution in [0.5, 0.6) is 0 Å². The average molecular weight is 437 g/mol. The fourth-order valence-electron chi connectivity index (χ4n) is 3.39. The summed E-state index contributed by atoms with van der Waals surface area (Å²) < 4.78 is 12.9. The molecule has 2 heterocycles. The van der Waals surface area contributed by atoms with Gasteiger partial charge in [-0.1, -0.05) is 24.3 Å². The highest BCUT2D eigenvalue weighted by Gasteiger charge is 2.20. The highest BCUT2D eigenvalue weighted by Crippen LogP contribution is 2.32. The molecule has 3 amide bonds. The van der Waals surface area contributed by atoms with E-state index >= 15 is 0 Å². The molecule has 0 spiro atoms. The standard InChI is InChI=1S/C23H21FN4O2S/c24-15-7-9-16(10-8-15)28-22(29)14-27-23(30)26-13-19(21-6-3-11-31-21)18-12-25-20-5-2-1-4-17(18)20/h1-12,19,25H,13-14H2,(H,28,29)(H2,26,27,30). The Bertz CT molecular complexity index is 1170. The summed E-state index contributed by atoms with van der Waals surface area (Å²) >= 11 is 1.63. The lowest BCUT2D eigenvalue weighted by Gasteiger charge is -2.16. The number of rotatable bonds is 7. The van der Waals surface area contributed by atoms with Crippen LogP contribution in [0.2, 0.25) is 0 Å². The van der Waals surface area contributed by atoms with Crippen molar-refractivity contribution in [2.45, 2.75) is 5.92 Å². The average Bonchev–Trinajstić information content (AvgIpc) is 3.45. The number of hydrogen-bond acceptors (Lipinski definition) is 3. The number of H-pyrrole nitrogens is 1. The second-order valence-corrected chi connectivity index (χ2v) is 7.96. The molecule has 2 aromatic heterocycles. The van der Waals surface area contributed by atoms with Crippen LogP contribution in [0.25, 0.3) is 10.9 Å². The Labute approximate surface area is 182 Å². The van der Waals surface area contributed by atoms with E-state index in [1.807, 2.05) is 41.9 Å². The molecule has 0 bridgehead atoms. The second kappa shape index (κ2) is 9.44. The lowest BCUT2D eigenvalue weighted by molar-refractivity contribution is -0.115. The zero-order valence-electron chi connectivity index (χ0n) is 16.5. The van der Waals surface area contributed by atoms with Crippen LogP contribution in [0.15, 0.2) is 72.2 Å². The first kappa shape index (κ1) is 20.6. The van der Waals surface area contributed by atoms with Crippen molar-refractivity contribution in [2.75, 3.05) is 18.4 Å². The number of nitrogens with one attached hydrogen (secondary N) is 4. The number of urea groups is 1. The van der Waals surface area contributed by atoms with Crippen LogP contribution < -0.4 is 16.0 Å². The van der Waals surface area contributed by atoms with E-state index in [0.717, 1.165) is 21.3 Å². The van der Waals surface area contributed by atoms with Crippen molar-refractivity contribution in [1.29, 1.82) is 0 Å². The summed E-state index contributed by atoms with van der Waals surface area (Å²) in [6.45, 7) is 0.188. The number of thiophene rings is 1. The summed E-state index contributed by atoms with van der Waals surface area (Å²) in [5.41, 5.74) is 2.61. The Morgan fingerprint density at radius 3 is 2.58 bits per heavy atom. The van der Waals surface area contributed by atoms with Gasteiger partial charge in [0.15, 0.2) is 0 Å². The molecule has 31 heavy (non-hydrogen) atoms. The number of carbonyl (C=O) groups is 2. The number of para-hydroxylation sites is 1. The van der Waals surface area contributed by atoms with Crippen LogP contribution in [-0.2, 0) is 4.79 Å². The Morgan fingerprint density at radius 2 is 1.81 bits per heavy atom. The number of aromatic nitrogens is 1. The van der Waals surface area contributed by atoms with E-state index in [0.29, 0.717) is 12.2 Å². The summed E-state index contributed by atoms with van der Waals surface area (Å²) in [6, 6.07) is 17.1. The van der Waals surface area contributed by atoms with Gasteiger partial charge in [0, 0.05) is 40.1 Å².